The Labute approximate surface area is 432 Å². The van der Waals surface area contributed by atoms with Crippen LogP contribution in [0.15, 0.2) is 57.4 Å². The van der Waals surface area contributed by atoms with Crippen molar-refractivity contribution in [2.75, 3.05) is 26.2 Å². The average molecular weight is 1070 g/mol. The molecule has 0 radical (unpaired) electrons. The second-order valence-corrected chi connectivity index (χ2v) is 19.2. The van der Waals surface area contributed by atoms with Crippen molar-refractivity contribution < 1.29 is 57.2 Å². The van der Waals surface area contributed by atoms with Crippen LogP contribution in [0.1, 0.15) is 76.7 Å². The summed E-state index contributed by atoms with van der Waals surface area (Å²) in [5, 5.41) is 17.2. The number of primary amides is 1. The summed E-state index contributed by atoms with van der Waals surface area (Å²) >= 11 is 0. The predicted molar refractivity (Wildman–Crippen MR) is 275 cm³/mol. The fraction of sp³-hybridized carbons (Fsp3) is 0.533. The van der Waals surface area contributed by atoms with E-state index < -0.39 is 116 Å². The van der Waals surface area contributed by atoms with Crippen molar-refractivity contribution in [1.82, 2.24) is 36.8 Å². The Hall–Kier alpha value is -7.62. The van der Waals surface area contributed by atoms with E-state index in [2.05, 4.69) is 46.9 Å². The van der Waals surface area contributed by atoms with Gasteiger partial charge < -0.3 is 86.7 Å². The highest BCUT2D eigenvalue weighted by Crippen LogP contribution is 2.38. The number of carbonyl (C=O) groups is 8. The Morgan fingerprint density at radius 3 is 1.55 bits per heavy atom. The molecule has 2 fully saturated rings. The van der Waals surface area contributed by atoms with Crippen LogP contribution in [0.5, 0.6) is 0 Å². The summed E-state index contributed by atoms with van der Waals surface area (Å²) in [4.78, 5) is 146. The first-order valence-corrected chi connectivity index (χ1v) is 25.7. The Morgan fingerprint density at radius 2 is 1.08 bits per heavy atom. The molecule has 2 heterocycles. The smallest absolute Gasteiger partial charge is 0.370 e. The third kappa shape index (κ3) is 20.0. The Bertz CT molecular complexity index is 2510. The van der Waals surface area contributed by atoms with Crippen molar-refractivity contribution in [1.29, 1.82) is 0 Å². The van der Waals surface area contributed by atoms with Crippen LogP contribution in [-0.2, 0) is 53.9 Å². The molecule has 22 N–H and O–H groups in total. The summed E-state index contributed by atoms with van der Waals surface area (Å²) in [6.45, 7) is 0.915. The summed E-state index contributed by atoms with van der Waals surface area (Å²) in [6.07, 6.45) is -2.89. The molecule has 0 aromatic heterocycles. The number of rotatable bonds is 20. The van der Waals surface area contributed by atoms with Gasteiger partial charge in [0.2, 0.25) is 47.3 Å². The second kappa shape index (κ2) is 28.7. The van der Waals surface area contributed by atoms with Crippen molar-refractivity contribution in [3.05, 3.63) is 48.0 Å². The van der Waals surface area contributed by atoms with Gasteiger partial charge in [-0.1, -0.05) is 42.5 Å². The lowest BCUT2D eigenvalue weighted by Gasteiger charge is -2.33. The lowest BCUT2D eigenvalue weighted by molar-refractivity contribution is -0.144. The fourth-order valence-electron chi connectivity index (χ4n) is 8.43. The average Bonchev–Trinajstić information content (AvgIpc) is 3.83. The van der Waals surface area contributed by atoms with Gasteiger partial charge in [-0.05, 0) is 81.0 Å². The van der Waals surface area contributed by atoms with E-state index in [0.29, 0.717) is 5.56 Å². The van der Waals surface area contributed by atoms with E-state index in [1.807, 2.05) is 30.3 Å². The largest absolute Gasteiger partial charge is 0.469 e. The number of nitrogens with zero attached hydrogens (tertiary/aromatic N) is 4. The van der Waals surface area contributed by atoms with Gasteiger partial charge in [0.1, 0.15) is 42.3 Å². The van der Waals surface area contributed by atoms with E-state index in [-0.39, 0.29) is 102 Å². The lowest BCUT2D eigenvalue weighted by atomic mass is 10.00. The molecule has 4 rings (SSSR count). The normalized spacial score (nSPS) is 22.9. The van der Waals surface area contributed by atoms with E-state index >= 15 is 0 Å². The fourth-order valence-corrected chi connectivity index (χ4v) is 8.99. The molecular weight excluding hydrogens is 1000 g/mol. The number of aliphatic imine (C=N–C) groups is 3. The molecule has 2 aromatic carbocycles. The van der Waals surface area contributed by atoms with Crippen LogP contribution in [-0.4, -0.2) is 154 Å². The predicted octanol–water partition coefficient (Wildman–Crippen LogP) is -4.78. The van der Waals surface area contributed by atoms with Crippen LogP contribution < -0.4 is 72.0 Å². The summed E-state index contributed by atoms with van der Waals surface area (Å²) in [5.41, 5.74) is 39.2. The molecule has 0 bridgehead atoms. The van der Waals surface area contributed by atoms with Crippen LogP contribution in [0.2, 0.25) is 0 Å². The highest BCUT2D eigenvalue weighted by molar-refractivity contribution is 7.46. The van der Waals surface area contributed by atoms with Crippen molar-refractivity contribution in [3.8, 4) is 0 Å². The molecule has 2 aliphatic rings. The molecule has 2 aliphatic heterocycles. The highest BCUT2D eigenvalue weighted by Gasteiger charge is 2.43. The molecule has 0 saturated carbocycles. The number of hydrogen-bond acceptors (Lipinski definition) is 13. The van der Waals surface area contributed by atoms with Gasteiger partial charge in [0, 0.05) is 39.0 Å². The van der Waals surface area contributed by atoms with Gasteiger partial charge in [-0.25, -0.2) is 4.57 Å². The maximum absolute atomic E-state index is 14.7. The summed E-state index contributed by atoms with van der Waals surface area (Å²) < 4.78 is 17.1. The summed E-state index contributed by atoms with van der Waals surface area (Å²) in [7, 11) is -5.36. The number of phosphoric acid groups is 1. The zero-order chi connectivity index (χ0) is 55.4. The zero-order valence-corrected chi connectivity index (χ0v) is 42.4. The van der Waals surface area contributed by atoms with Gasteiger partial charge in [0.15, 0.2) is 17.9 Å². The number of fused-ring (bicyclic) bond motifs is 2. The van der Waals surface area contributed by atoms with Gasteiger partial charge in [-0.15, -0.1) is 0 Å². The van der Waals surface area contributed by atoms with Crippen LogP contribution in [0, 0.1) is 0 Å². The first kappa shape index (κ1) is 59.9. The molecule has 8 atom stereocenters. The van der Waals surface area contributed by atoms with Gasteiger partial charge >= 0.3 is 7.82 Å². The molecule has 0 unspecified atom stereocenters. The first-order valence-electron chi connectivity index (χ1n) is 24.2. The minimum atomic E-state index is -5.36. The molecule has 0 spiro atoms. The van der Waals surface area contributed by atoms with E-state index in [4.69, 9.17) is 44.7 Å². The Morgan fingerprint density at radius 1 is 0.640 bits per heavy atom. The van der Waals surface area contributed by atoms with Crippen LogP contribution >= 0.6 is 7.82 Å². The van der Waals surface area contributed by atoms with Gasteiger partial charge in [0.25, 0.3) is 0 Å². The summed E-state index contributed by atoms with van der Waals surface area (Å²) in [6, 6.07) is 1.91. The number of guanidine groups is 3. The number of hydrogen-bond donors (Lipinski definition) is 15. The molecule has 29 nitrogen and oxygen atoms in total. The van der Waals surface area contributed by atoms with E-state index in [0.717, 1.165) is 22.6 Å². The van der Waals surface area contributed by atoms with Crippen molar-refractivity contribution in [3.63, 3.8) is 0 Å². The zero-order valence-electron chi connectivity index (χ0n) is 41.5. The van der Waals surface area contributed by atoms with Crippen LogP contribution in [0.3, 0.4) is 0 Å². The molecule has 75 heavy (non-hydrogen) atoms. The number of nitrogens with two attached hydrogens (primary N) is 7. The molecule has 0 aliphatic carbocycles. The Balaban J connectivity index is 1.90. The molecule has 8 amide bonds. The van der Waals surface area contributed by atoms with E-state index in [1.54, 1.807) is 12.1 Å². The topological polar surface area (TPSA) is 498 Å². The Kier molecular flexibility index (Phi) is 23.0. The number of amides is 8. The standard InChI is InChI=1S/C45H70N17O12P/c1-24(74-75(71,72)73)35-42(70)62-21-7-13-33(62)41(69)60-32(23-25-14-15-26-8-2-3-9-27(26)22-25)40(68)58-29(11-5-19-54-44(49)50)37(65)59-31(16-17-34(46)63)38(66)56-28(10-4-18-53-43(47)48)36(64)57-30(39(67)61-35)12-6-20-55-45(51)52/h2-3,8-9,14-15,22,24,28-33,35H,4-7,10-13,16-21,23H2,1H3,(H2,46,63)(H,56,66)(H,57,64)(H,58,68)(H,59,65)(H,60,69)(H,61,67)(H4,47,48,53)(H4,49,50,54)(H4,51,52,55)(H2,71,72,73)/t24-,28-,29+,30-,31+,32+,33+,35-/m1/s1. The number of nitrogens with one attached hydrogen (secondary N) is 6. The maximum Gasteiger partial charge on any atom is 0.469 e. The van der Waals surface area contributed by atoms with Crippen LogP contribution in [0.25, 0.3) is 10.8 Å². The summed E-state index contributed by atoms with van der Waals surface area (Å²) in [5.74, 6) is -8.40. The van der Waals surface area contributed by atoms with Gasteiger partial charge in [-0.3, -0.25) is 57.9 Å². The molecule has 412 valence electrons. The first-order chi connectivity index (χ1) is 35.4. The monoisotopic (exact) mass is 1070 g/mol. The molecular formula is C45H70N17O12P. The molecule has 2 aromatic rings. The minimum absolute atomic E-state index is 0.00152. The lowest BCUT2D eigenvalue weighted by Crippen LogP contribution is -2.61. The molecule has 30 heteroatoms. The second-order valence-electron chi connectivity index (χ2n) is 18.0. The minimum Gasteiger partial charge on any atom is -0.370 e. The van der Waals surface area contributed by atoms with E-state index in [1.165, 1.54) is 0 Å². The third-order valence-electron chi connectivity index (χ3n) is 12.1. The SMILES string of the molecule is C[C@@H](OP(=O)(O)O)[C@H]1NC(=O)[C@@H](CCCN=C(N)N)NC(=O)[C@@H](CCCN=C(N)N)NC(=O)[C@H](CCC(N)=O)NC(=O)[C@H](CCCN=C(N)N)NC(=O)[C@H](Cc2ccc3ccccc3c2)NC(=O)[C@@H]2CCCN2C1=O. The third-order valence-corrected chi connectivity index (χ3v) is 12.7. The van der Waals surface area contributed by atoms with Gasteiger partial charge in [-0.2, -0.15) is 0 Å². The number of carbonyl (C=O) groups excluding carboxylic acids is 8. The van der Waals surface area contributed by atoms with Gasteiger partial charge in [0.05, 0.1) is 6.10 Å². The van der Waals surface area contributed by atoms with E-state index in [9.17, 15) is 52.7 Å². The van der Waals surface area contributed by atoms with Crippen molar-refractivity contribution >= 4 is 83.7 Å². The van der Waals surface area contributed by atoms with Crippen molar-refractivity contribution in [2.45, 2.75) is 126 Å². The number of benzene rings is 2. The molecule has 2 saturated heterocycles. The quantitative estimate of drug-likeness (QED) is 0.0256. The maximum atomic E-state index is 14.7. The number of phosphoric ester groups is 1. The van der Waals surface area contributed by atoms with Crippen molar-refractivity contribution in [2.24, 2.45) is 55.1 Å². The highest BCUT2D eigenvalue weighted by atomic mass is 31.2. The van der Waals surface area contributed by atoms with Crippen LogP contribution in [0.4, 0.5) is 0 Å².